The van der Waals surface area contributed by atoms with Crippen molar-refractivity contribution in [2.45, 2.75) is 25.8 Å². The maximum absolute atomic E-state index is 11.8. The Bertz CT molecular complexity index is 449. The molecule has 0 aromatic heterocycles. The lowest BCUT2D eigenvalue weighted by Crippen LogP contribution is -2.51. The van der Waals surface area contributed by atoms with Crippen molar-refractivity contribution in [3.8, 4) is 0 Å². The number of likely N-dealkylation sites (tertiary alicyclic amines) is 1. The number of hydrogen-bond donors (Lipinski definition) is 1. The van der Waals surface area contributed by atoms with Crippen molar-refractivity contribution < 1.29 is 9.59 Å². The molecule has 4 nitrogen and oxygen atoms in total. The van der Waals surface area contributed by atoms with Gasteiger partial charge in [0.15, 0.2) is 0 Å². The van der Waals surface area contributed by atoms with Gasteiger partial charge in [0, 0.05) is 19.5 Å². The van der Waals surface area contributed by atoms with Crippen molar-refractivity contribution in [3.05, 3.63) is 36.0 Å². The molecule has 0 aromatic rings. The summed E-state index contributed by atoms with van der Waals surface area (Å²) < 4.78 is 0. The molecule has 2 saturated heterocycles. The predicted molar refractivity (Wildman–Crippen MR) is 69.8 cm³/mol. The number of carbonyl (C=O) groups excluding carboxylic acids is 2. The summed E-state index contributed by atoms with van der Waals surface area (Å²) in [7, 11) is 0. The second-order valence-electron chi connectivity index (χ2n) is 4.69. The van der Waals surface area contributed by atoms with Crippen LogP contribution in [-0.2, 0) is 9.59 Å². The highest BCUT2D eigenvalue weighted by Gasteiger charge is 2.34. The average molecular weight is 246 g/mol. The van der Waals surface area contributed by atoms with Gasteiger partial charge in [-0.1, -0.05) is 24.8 Å². The minimum atomic E-state index is -0.198. The summed E-state index contributed by atoms with van der Waals surface area (Å²) in [6.45, 7) is 7.43. The molecule has 96 valence electrons. The van der Waals surface area contributed by atoms with Gasteiger partial charge >= 0.3 is 0 Å². The minimum absolute atomic E-state index is 0.168. The zero-order chi connectivity index (χ0) is 13.1. The van der Waals surface area contributed by atoms with Crippen LogP contribution >= 0.6 is 0 Å². The van der Waals surface area contributed by atoms with Crippen LogP contribution in [0.3, 0.4) is 0 Å². The van der Waals surface area contributed by atoms with Crippen LogP contribution in [0.25, 0.3) is 0 Å². The van der Waals surface area contributed by atoms with Crippen LogP contribution in [0.15, 0.2) is 36.0 Å². The van der Waals surface area contributed by atoms with Gasteiger partial charge in [-0.2, -0.15) is 0 Å². The summed E-state index contributed by atoms with van der Waals surface area (Å²) >= 11 is 0. The van der Waals surface area contributed by atoms with E-state index in [1.165, 1.54) is 0 Å². The van der Waals surface area contributed by atoms with Crippen LogP contribution in [-0.4, -0.2) is 35.8 Å². The van der Waals surface area contributed by atoms with Crippen molar-refractivity contribution in [3.63, 3.8) is 0 Å². The Kier molecular flexibility index (Phi) is 3.77. The Hall–Kier alpha value is -1.68. The monoisotopic (exact) mass is 246 g/mol. The number of allylic oxidation sites excluding steroid dienone is 3. The molecule has 18 heavy (non-hydrogen) atoms. The highest BCUT2D eigenvalue weighted by atomic mass is 16.2. The Morgan fingerprint density at radius 1 is 1.39 bits per heavy atom. The normalized spacial score (nSPS) is 28.4. The lowest BCUT2D eigenvalue weighted by Gasteiger charge is -2.28. The van der Waals surface area contributed by atoms with Crippen molar-refractivity contribution in [2.75, 3.05) is 13.1 Å². The fourth-order valence-corrected chi connectivity index (χ4v) is 2.37. The van der Waals surface area contributed by atoms with E-state index in [0.717, 1.165) is 17.7 Å². The van der Waals surface area contributed by atoms with Crippen molar-refractivity contribution in [1.82, 2.24) is 10.2 Å². The molecule has 0 aliphatic carbocycles. The van der Waals surface area contributed by atoms with E-state index >= 15 is 0 Å². The molecule has 1 N–H and O–H groups in total. The Labute approximate surface area is 107 Å². The summed E-state index contributed by atoms with van der Waals surface area (Å²) in [6.07, 6.45) is 7.01. The van der Waals surface area contributed by atoms with Crippen LogP contribution < -0.4 is 5.32 Å². The Morgan fingerprint density at radius 2 is 2.17 bits per heavy atom. The first-order valence-electron chi connectivity index (χ1n) is 6.19. The van der Waals surface area contributed by atoms with Crippen molar-refractivity contribution in [1.29, 1.82) is 0 Å². The molecule has 0 saturated carbocycles. The van der Waals surface area contributed by atoms with E-state index in [-0.39, 0.29) is 17.9 Å². The summed E-state index contributed by atoms with van der Waals surface area (Å²) in [4.78, 5) is 25.0. The lowest BCUT2D eigenvalue weighted by molar-refractivity contribution is -0.137. The molecule has 1 atom stereocenters. The second kappa shape index (κ2) is 5.31. The van der Waals surface area contributed by atoms with Gasteiger partial charge in [0.05, 0.1) is 6.04 Å². The fraction of sp³-hybridized carbons (Fsp3) is 0.429. The lowest BCUT2D eigenvalue weighted by atomic mass is 10.1. The minimum Gasteiger partial charge on any atom is -0.295 e. The summed E-state index contributed by atoms with van der Waals surface area (Å²) in [6, 6.07) is -0.198. The first-order valence-corrected chi connectivity index (χ1v) is 6.19. The molecule has 0 radical (unpaired) electrons. The summed E-state index contributed by atoms with van der Waals surface area (Å²) in [5.41, 5.74) is 2.22. The molecule has 4 heteroatoms. The van der Waals surface area contributed by atoms with Gasteiger partial charge in [0.25, 0.3) is 0 Å². The Balaban J connectivity index is 2.06. The van der Waals surface area contributed by atoms with E-state index in [4.69, 9.17) is 0 Å². The van der Waals surface area contributed by atoms with Gasteiger partial charge in [-0.15, -0.1) is 0 Å². The molecular formula is C14H18N2O2. The molecule has 1 unspecified atom stereocenters. The van der Waals surface area contributed by atoms with E-state index < -0.39 is 0 Å². The van der Waals surface area contributed by atoms with Crippen LogP contribution in [0.5, 0.6) is 0 Å². The number of hydrogen-bond acceptors (Lipinski definition) is 3. The van der Waals surface area contributed by atoms with Crippen molar-refractivity contribution in [2.24, 2.45) is 0 Å². The third-order valence-electron chi connectivity index (χ3n) is 3.36. The SMILES string of the molecule is C=C1CN(C2CCC(=O)NC2=O)C/C1=C/C=C\C. The first kappa shape index (κ1) is 12.8. The number of nitrogens with one attached hydrogen (secondary N) is 1. The summed E-state index contributed by atoms with van der Waals surface area (Å²) in [5, 5.41) is 2.40. The molecule has 2 fully saturated rings. The molecule has 2 aliphatic rings. The second-order valence-corrected chi connectivity index (χ2v) is 4.69. The number of rotatable bonds is 2. The molecule has 2 amide bonds. The molecule has 2 aliphatic heterocycles. The molecule has 0 spiro atoms. The van der Waals surface area contributed by atoms with Crippen LogP contribution in [0.1, 0.15) is 19.8 Å². The largest absolute Gasteiger partial charge is 0.295 e. The van der Waals surface area contributed by atoms with E-state index in [2.05, 4.69) is 16.8 Å². The fourth-order valence-electron chi connectivity index (χ4n) is 2.37. The number of carbonyl (C=O) groups is 2. The van der Waals surface area contributed by atoms with Gasteiger partial charge in [-0.25, -0.2) is 0 Å². The number of imide groups is 1. The number of nitrogens with zero attached hydrogens (tertiary/aromatic N) is 1. The smallest absolute Gasteiger partial charge is 0.243 e. The Morgan fingerprint density at radius 3 is 2.83 bits per heavy atom. The van der Waals surface area contributed by atoms with Gasteiger partial charge in [0.1, 0.15) is 0 Å². The van der Waals surface area contributed by atoms with Crippen LogP contribution in [0, 0.1) is 0 Å². The predicted octanol–water partition coefficient (Wildman–Crippen LogP) is 1.17. The number of amides is 2. The maximum Gasteiger partial charge on any atom is 0.243 e. The highest BCUT2D eigenvalue weighted by Crippen LogP contribution is 2.25. The third kappa shape index (κ3) is 2.59. The zero-order valence-electron chi connectivity index (χ0n) is 10.6. The number of piperidine rings is 1. The van der Waals surface area contributed by atoms with Crippen LogP contribution in [0.2, 0.25) is 0 Å². The van der Waals surface area contributed by atoms with Gasteiger partial charge < -0.3 is 0 Å². The maximum atomic E-state index is 11.8. The zero-order valence-corrected chi connectivity index (χ0v) is 10.6. The molecule has 2 rings (SSSR count). The molecular weight excluding hydrogens is 228 g/mol. The molecule has 0 aromatic carbocycles. The van der Waals surface area contributed by atoms with Gasteiger partial charge in [-0.3, -0.25) is 19.8 Å². The van der Waals surface area contributed by atoms with Gasteiger partial charge in [0.2, 0.25) is 11.8 Å². The van der Waals surface area contributed by atoms with E-state index in [1.54, 1.807) is 0 Å². The average Bonchev–Trinajstić information content (AvgIpc) is 2.68. The third-order valence-corrected chi connectivity index (χ3v) is 3.36. The van der Waals surface area contributed by atoms with E-state index in [0.29, 0.717) is 19.4 Å². The molecule has 2 heterocycles. The van der Waals surface area contributed by atoms with E-state index in [9.17, 15) is 9.59 Å². The quantitative estimate of drug-likeness (QED) is 0.744. The highest BCUT2D eigenvalue weighted by molar-refractivity contribution is 6.00. The van der Waals surface area contributed by atoms with Crippen molar-refractivity contribution >= 4 is 11.8 Å². The summed E-state index contributed by atoms with van der Waals surface area (Å²) in [5.74, 6) is -0.342. The van der Waals surface area contributed by atoms with Gasteiger partial charge in [-0.05, 0) is 24.5 Å². The topological polar surface area (TPSA) is 49.4 Å². The van der Waals surface area contributed by atoms with E-state index in [1.807, 2.05) is 25.2 Å². The van der Waals surface area contributed by atoms with Crippen LogP contribution in [0.4, 0.5) is 0 Å². The standard InChI is InChI=1S/C14H18N2O2/c1-3-4-5-11-9-16(8-10(11)2)12-6-7-13(17)15-14(12)18/h3-5,12H,2,6-9H2,1H3,(H,15,17,18)/b4-3-,11-5-. The molecule has 0 bridgehead atoms. The first-order chi connectivity index (χ1) is 8.61.